The Balaban J connectivity index is 1.76. The van der Waals surface area contributed by atoms with Gasteiger partial charge in [0.15, 0.2) is 0 Å². The first-order valence-electron chi connectivity index (χ1n) is 5.30. The summed E-state index contributed by atoms with van der Waals surface area (Å²) in [6.45, 7) is 0. The lowest BCUT2D eigenvalue weighted by Crippen LogP contribution is -2.53. The maximum Gasteiger partial charge on any atom is 0.308 e. The topological polar surface area (TPSA) is 69.7 Å². The fraction of sp³-hybridized carbons (Fsp3) is 0.900. The van der Waals surface area contributed by atoms with Crippen LogP contribution >= 0.6 is 0 Å². The average molecular weight is 248 g/mol. The molecule has 0 aliphatic heterocycles. The third-order valence-corrected chi connectivity index (χ3v) is 4.15. The quantitative estimate of drug-likeness (QED) is 0.543. The Hall–Kier alpha value is -0.620. The molecule has 2 fully saturated rings. The van der Waals surface area contributed by atoms with Crippen molar-refractivity contribution in [1.82, 2.24) is 0 Å². The van der Waals surface area contributed by atoms with Crippen molar-refractivity contribution in [2.24, 2.45) is 11.3 Å². The van der Waals surface area contributed by atoms with Gasteiger partial charge in [0.2, 0.25) is 0 Å². The van der Waals surface area contributed by atoms with E-state index in [1.807, 2.05) is 0 Å². The van der Waals surface area contributed by atoms with Gasteiger partial charge in [-0.1, -0.05) is 0 Å². The zero-order chi connectivity index (χ0) is 12.0. The molecule has 0 N–H and O–H groups in total. The van der Waals surface area contributed by atoms with Crippen LogP contribution in [-0.2, 0) is 23.8 Å². The molecule has 16 heavy (non-hydrogen) atoms. The van der Waals surface area contributed by atoms with E-state index in [1.165, 1.54) is 7.11 Å². The van der Waals surface area contributed by atoms with Gasteiger partial charge in [-0.2, -0.15) is 8.42 Å². The van der Waals surface area contributed by atoms with Crippen molar-refractivity contribution in [1.29, 1.82) is 0 Å². The predicted octanol–water partition coefficient (Wildman–Crippen LogP) is 0.694. The maximum atomic E-state index is 11.2. The van der Waals surface area contributed by atoms with E-state index in [1.54, 1.807) is 0 Å². The number of methoxy groups -OCH3 is 1. The Labute approximate surface area is 95.2 Å². The van der Waals surface area contributed by atoms with Crippen LogP contribution in [0.15, 0.2) is 0 Å². The minimum atomic E-state index is -3.34. The van der Waals surface area contributed by atoms with Gasteiger partial charge in [-0.3, -0.25) is 8.98 Å². The summed E-state index contributed by atoms with van der Waals surface area (Å²) in [4.78, 5) is 11.2. The predicted molar refractivity (Wildman–Crippen MR) is 56.1 cm³/mol. The average Bonchev–Trinajstić information content (AvgIpc) is 2.03. The van der Waals surface area contributed by atoms with Crippen molar-refractivity contribution in [3.8, 4) is 0 Å². The lowest BCUT2D eigenvalue weighted by atomic mass is 9.51. The highest BCUT2D eigenvalue weighted by atomic mass is 32.2. The molecule has 0 amide bonds. The Bertz CT molecular complexity index is 385. The number of hydrogen-bond donors (Lipinski definition) is 0. The number of carbonyl (C=O) groups is 1. The third kappa shape index (κ3) is 2.22. The molecule has 0 bridgehead atoms. The monoisotopic (exact) mass is 248 g/mol. The minimum Gasteiger partial charge on any atom is -0.469 e. The van der Waals surface area contributed by atoms with Crippen molar-refractivity contribution in [3.63, 3.8) is 0 Å². The molecule has 6 heteroatoms. The SMILES string of the molecule is COC(=O)C1CC2(CC(OS(C)(=O)=O)C2)C1. The van der Waals surface area contributed by atoms with Crippen molar-refractivity contribution < 1.29 is 22.1 Å². The van der Waals surface area contributed by atoms with Gasteiger partial charge in [0.05, 0.1) is 25.4 Å². The Morgan fingerprint density at radius 2 is 1.81 bits per heavy atom. The van der Waals surface area contributed by atoms with E-state index in [0.29, 0.717) is 0 Å². The van der Waals surface area contributed by atoms with Gasteiger partial charge in [-0.15, -0.1) is 0 Å². The largest absolute Gasteiger partial charge is 0.469 e. The molecule has 0 radical (unpaired) electrons. The summed E-state index contributed by atoms with van der Waals surface area (Å²) in [5.74, 6) is -0.151. The number of carbonyl (C=O) groups excluding carboxylic acids is 1. The van der Waals surface area contributed by atoms with E-state index in [0.717, 1.165) is 31.9 Å². The summed E-state index contributed by atoms with van der Waals surface area (Å²) in [5, 5.41) is 0. The molecule has 2 saturated carbocycles. The zero-order valence-electron chi connectivity index (χ0n) is 9.43. The summed E-state index contributed by atoms with van der Waals surface area (Å²) in [7, 11) is -1.95. The van der Waals surface area contributed by atoms with Crippen LogP contribution in [0.25, 0.3) is 0 Å². The molecule has 0 aromatic rings. The van der Waals surface area contributed by atoms with Crippen LogP contribution in [0.2, 0.25) is 0 Å². The van der Waals surface area contributed by atoms with Crippen molar-refractivity contribution in [2.45, 2.75) is 31.8 Å². The number of hydrogen-bond acceptors (Lipinski definition) is 5. The normalized spacial score (nSPS) is 37.6. The van der Waals surface area contributed by atoms with E-state index in [2.05, 4.69) is 4.74 Å². The molecule has 2 aliphatic rings. The van der Waals surface area contributed by atoms with Crippen LogP contribution < -0.4 is 0 Å². The van der Waals surface area contributed by atoms with Crippen LogP contribution in [0.3, 0.4) is 0 Å². The van der Waals surface area contributed by atoms with Gasteiger partial charge in [0.1, 0.15) is 0 Å². The van der Waals surface area contributed by atoms with E-state index in [4.69, 9.17) is 4.18 Å². The second-order valence-corrected chi connectivity index (χ2v) is 6.56. The van der Waals surface area contributed by atoms with Gasteiger partial charge in [-0.05, 0) is 31.1 Å². The molecule has 1 spiro atoms. The summed E-state index contributed by atoms with van der Waals surface area (Å²) in [6, 6.07) is 0. The highest BCUT2D eigenvalue weighted by Gasteiger charge is 2.56. The first-order valence-corrected chi connectivity index (χ1v) is 7.11. The van der Waals surface area contributed by atoms with Crippen molar-refractivity contribution >= 4 is 16.1 Å². The lowest BCUT2D eigenvalue weighted by Gasteiger charge is -2.55. The van der Waals surface area contributed by atoms with Gasteiger partial charge >= 0.3 is 5.97 Å². The lowest BCUT2D eigenvalue weighted by molar-refractivity contribution is -0.164. The molecular formula is C10H16O5S. The van der Waals surface area contributed by atoms with E-state index in [-0.39, 0.29) is 23.4 Å². The number of esters is 1. The molecular weight excluding hydrogens is 232 g/mol. The Morgan fingerprint density at radius 3 is 2.25 bits per heavy atom. The fourth-order valence-corrected chi connectivity index (χ4v) is 3.50. The maximum absolute atomic E-state index is 11.2. The van der Waals surface area contributed by atoms with E-state index in [9.17, 15) is 13.2 Å². The van der Waals surface area contributed by atoms with Crippen LogP contribution in [0.1, 0.15) is 25.7 Å². The first-order chi connectivity index (χ1) is 7.34. The minimum absolute atomic E-state index is 0.00387. The highest BCUT2D eigenvalue weighted by molar-refractivity contribution is 7.86. The Morgan fingerprint density at radius 1 is 1.25 bits per heavy atom. The Kier molecular flexibility index (Phi) is 2.74. The highest BCUT2D eigenvalue weighted by Crippen LogP contribution is 2.59. The van der Waals surface area contributed by atoms with Crippen LogP contribution in [0, 0.1) is 11.3 Å². The molecule has 0 heterocycles. The second kappa shape index (κ2) is 3.70. The summed E-state index contributed by atoms with van der Waals surface area (Å²) in [5.41, 5.74) is 0.147. The second-order valence-electron chi connectivity index (χ2n) is 4.96. The first kappa shape index (κ1) is 11.9. The molecule has 5 nitrogen and oxygen atoms in total. The molecule has 2 aliphatic carbocycles. The fourth-order valence-electron chi connectivity index (χ4n) is 2.87. The van der Waals surface area contributed by atoms with Crippen LogP contribution in [0.5, 0.6) is 0 Å². The van der Waals surface area contributed by atoms with E-state index < -0.39 is 10.1 Å². The van der Waals surface area contributed by atoms with E-state index >= 15 is 0 Å². The molecule has 0 aromatic heterocycles. The summed E-state index contributed by atoms with van der Waals surface area (Å²) < 4.78 is 31.3. The van der Waals surface area contributed by atoms with Gasteiger partial charge in [0, 0.05) is 0 Å². The molecule has 2 rings (SSSR count). The summed E-state index contributed by atoms with van der Waals surface area (Å²) in [6.07, 6.45) is 3.98. The number of ether oxygens (including phenoxy) is 1. The van der Waals surface area contributed by atoms with Gasteiger partial charge in [0.25, 0.3) is 10.1 Å². The van der Waals surface area contributed by atoms with Gasteiger partial charge in [-0.25, -0.2) is 0 Å². The zero-order valence-corrected chi connectivity index (χ0v) is 10.2. The van der Waals surface area contributed by atoms with Crippen molar-refractivity contribution in [2.75, 3.05) is 13.4 Å². The van der Waals surface area contributed by atoms with Gasteiger partial charge < -0.3 is 4.74 Å². The van der Waals surface area contributed by atoms with Crippen molar-refractivity contribution in [3.05, 3.63) is 0 Å². The molecule has 0 unspecified atom stereocenters. The third-order valence-electron chi connectivity index (χ3n) is 3.53. The molecule has 0 aromatic carbocycles. The number of rotatable bonds is 3. The summed E-state index contributed by atoms with van der Waals surface area (Å²) >= 11 is 0. The molecule has 0 saturated heterocycles. The van der Waals surface area contributed by atoms with Crippen LogP contribution in [-0.4, -0.2) is 33.9 Å². The molecule has 92 valence electrons. The standard InChI is InChI=1S/C10H16O5S/c1-14-9(11)7-3-10(4-7)5-8(6-10)15-16(2,12)13/h7-8H,3-6H2,1-2H3. The smallest absolute Gasteiger partial charge is 0.308 e. The molecule has 0 atom stereocenters. The van der Waals surface area contributed by atoms with Crippen LogP contribution in [0.4, 0.5) is 0 Å².